The van der Waals surface area contributed by atoms with Gasteiger partial charge in [-0.1, -0.05) is 6.07 Å². The first-order chi connectivity index (χ1) is 9.47. The number of nitrogens with one attached hydrogen (secondary N) is 1. The lowest BCUT2D eigenvalue weighted by molar-refractivity contribution is -0.132. The number of likely N-dealkylation sites (tertiary alicyclic amines) is 1. The van der Waals surface area contributed by atoms with E-state index in [0.29, 0.717) is 19.4 Å². The van der Waals surface area contributed by atoms with E-state index in [-0.39, 0.29) is 24.1 Å². The molecule has 1 aromatic rings. The maximum Gasteiger partial charge on any atom is 0.222 e. The maximum atomic E-state index is 13.5. The molecular weight excluding hydrogens is 266 g/mol. The van der Waals surface area contributed by atoms with Crippen molar-refractivity contribution in [2.45, 2.75) is 25.0 Å². The van der Waals surface area contributed by atoms with E-state index in [0.717, 1.165) is 12.1 Å². The van der Waals surface area contributed by atoms with Crippen molar-refractivity contribution >= 4 is 5.91 Å². The highest BCUT2D eigenvalue weighted by molar-refractivity contribution is 5.76. The van der Waals surface area contributed by atoms with Crippen LogP contribution >= 0.6 is 0 Å². The predicted molar refractivity (Wildman–Crippen MR) is 70.0 cm³/mol. The number of carbonyl (C=O) groups excluding carboxylic acids is 1. The molecule has 2 N–H and O–H groups in total. The summed E-state index contributed by atoms with van der Waals surface area (Å²) in [4.78, 5) is 13.0. The van der Waals surface area contributed by atoms with Gasteiger partial charge in [-0.15, -0.1) is 0 Å². The Morgan fingerprint density at radius 2 is 2.25 bits per heavy atom. The molecule has 0 radical (unpaired) electrons. The van der Waals surface area contributed by atoms with Crippen LogP contribution < -0.4 is 5.32 Å². The normalized spacial score (nSPS) is 21.1. The fourth-order valence-corrected chi connectivity index (χ4v) is 2.34. The summed E-state index contributed by atoms with van der Waals surface area (Å²) >= 11 is 0. The summed E-state index contributed by atoms with van der Waals surface area (Å²) in [5, 5.41) is 13.0. The van der Waals surface area contributed by atoms with Crippen molar-refractivity contribution in [3.63, 3.8) is 0 Å². The van der Waals surface area contributed by atoms with Gasteiger partial charge in [0, 0.05) is 44.2 Å². The third-order valence-corrected chi connectivity index (χ3v) is 3.55. The minimum atomic E-state index is -1.04. The third-order valence-electron chi connectivity index (χ3n) is 3.55. The fourth-order valence-electron chi connectivity index (χ4n) is 2.34. The van der Waals surface area contributed by atoms with Crippen molar-refractivity contribution in [2.24, 2.45) is 0 Å². The zero-order valence-electron chi connectivity index (χ0n) is 11.3. The van der Waals surface area contributed by atoms with Crippen LogP contribution in [-0.2, 0) is 4.79 Å². The van der Waals surface area contributed by atoms with E-state index in [1.807, 2.05) is 0 Å². The minimum absolute atomic E-state index is 0.0686. The van der Waals surface area contributed by atoms with Crippen LogP contribution in [0, 0.1) is 11.6 Å². The van der Waals surface area contributed by atoms with E-state index in [1.165, 1.54) is 6.07 Å². The molecule has 6 heteroatoms. The molecule has 0 aromatic heterocycles. The Hall–Kier alpha value is -1.53. The summed E-state index contributed by atoms with van der Waals surface area (Å²) in [6, 6.07) is 3.20. The third kappa shape index (κ3) is 3.52. The molecule has 2 rings (SSSR count). The lowest BCUT2D eigenvalue weighted by Gasteiger charge is -2.31. The second-order valence-corrected chi connectivity index (χ2v) is 5.10. The number of hydrogen-bond acceptors (Lipinski definition) is 3. The lowest BCUT2D eigenvalue weighted by atomic mass is 10.0. The summed E-state index contributed by atoms with van der Waals surface area (Å²) in [6.07, 6.45) is 0.121. The van der Waals surface area contributed by atoms with Crippen molar-refractivity contribution in [3.8, 4) is 0 Å². The molecule has 20 heavy (non-hydrogen) atoms. The number of aliphatic hydroxyl groups excluding tert-OH is 1. The van der Waals surface area contributed by atoms with Crippen LogP contribution in [0.4, 0.5) is 8.78 Å². The van der Waals surface area contributed by atoms with Gasteiger partial charge < -0.3 is 15.3 Å². The predicted octanol–water partition coefficient (Wildman–Crippen LogP) is 1.21. The lowest BCUT2D eigenvalue weighted by Crippen LogP contribution is -2.47. The van der Waals surface area contributed by atoms with Crippen LogP contribution in [0.2, 0.25) is 0 Å². The molecule has 0 spiro atoms. The van der Waals surface area contributed by atoms with E-state index in [9.17, 15) is 18.7 Å². The molecule has 1 aromatic carbocycles. The minimum Gasteiger partial charge on any atom is -0.387 e. The van der Waals surface area contributed by atoms with Gasteiger partial charge in [0.2, 0.25) is 5.91 Å². The molecule has 1 aliphatic heterocycles. The summed E-state index contributed by atoms with van der Waals surface area (Å²) in [7, 11) is 1.73. The SMILES string of the molecule is CN1CC(NCC(O)c2ccc(F)cc2F)CCC1=O. The summed E-state index contributed by atoms with van der Waals surface area (Å²) in [5.41, 5.74) is 0.0686. The highest BCUT2D eigenvalue weighted by Crippen LogP contribution is 2.18. The number of benzene rings is 1. The van der Waals surface area contributed by atoms with Crippen molar-refractivity contribution in [1.29, 1.82) is 0 Å². The van der Waals surface area contributed by atoms with Gasteiger partial charge in [-0.2, -0.15) is 0 Å². The molecule has 2 unspecified atom stereocenters. The van der Waals surface area contributed by atoms with Crippen molar-refractivity contribution in [1.82, 2.24) is 10.2 Å². The van der Waals surface area contributed by atoms with Crippen LogP contribution in [0.1, 0.15) is 24.5 Å². The van der Waals surface area contributed by atoms with Gasteiger partial charge in [-0.05, 0) is 12.5 Å². The molecule has 1 saturated heterocycles. The second kappa shape index (κ2) is 6.28. The van der Waals surface area contributed by atoms with Crippen LogP contribution in [0.3, 0.4) is 0 Å². The first-order valence-corrected chi connectivity index (χ1v) is 6.57. The highest BCUT2D eigenvalue weighted by atomic mass is 19.1. The zero-order chi connectivity index (χ0) is 14.7. The number of piperidine rings is 1. The Bertz CT molecular complexity index is 496. The molecule has 2 atom stereocenters. The monoisotopic (exact) mass is 284 g/mol. The van der Waals surface area contributed by atoms with Crippen LogP contribution in [0.15, 0.2) is 18.2 Å². The van der Waals surface area contributed by atoms with Crippen molar-refractivity contribution in [2.75, 3.05) is 20.1 Å². The van der Waals surface area contributed by atoms with E-state index in [4.69, 9.17) is 0 Å². The summed E-state index contributed by atoms with van der Waals surface area (Å²) in [6.45, 7) is 0.729. The molecule has 0 saturated carbocycles. The van der Waals surface area contributed by atoms with Crippen LogP contribution in [0.25, 0.3) is 0 Å². The number of amides is 1. The highest BCUT2D eigenvalue weighted by Gasteiger charge is 2.23. The molecule has 0 bridgehead atoms. The molecule has 1 heterocycles. The standard InChI is InChI=1S/C14H18F2N2O2/c1-18-8-10(3-5-14(18)20)17-7-13(19)11-4-2-9(15)6-12(11)16/h2,4,6,10,13,17,19H,3,5,7-8H2,1H3. The van der Waals surface area contributed by atoms with E-state index >= 15 is 0 Å². The van der Waals surface area contributed by atoms with Gasteiger partial charge >= 0.3 is 0 Å². The molecule has 1 amide bonds. The molecular formula is C14H18F2N2O2. The van der Waals surface area contributed by atoms with Gasteiger partial charge in [0.05, 0.1) is 6.10 Å². The number of rotatable bonds is 4. The van der Waals surface area contributed by atoms with Crippen LogP contribution in [-0.4, -0.2) is 42.1 Å². The first kappa shape index (κ1) is 14.9. The van der Waals surface area contributed by atoms with Gasteiger partial charge in [0.25, 0.3) is 0 Å². The van der Waals surface area contributed by atoms with Crippen molar-refractivity contribution in [3.05, 3.63) is 35.4 Å². The number of likely N-dealkylation sites (N-methyl/N-ethyl adjacent to an activating group) is 1. The Balaban J connectivity index is 1.89. The van der Waals surface area contributed by atoms with Crippen LogP contribution in [0.5, 0.6) is 0 Å². The maximum absolute atomic E-state index is 13.5. The average molecular weight is 284 g/mol. The van der Waals surface area contributed by atoms with Gasteiger partial charge in [-0.3, -0.25) is 4.79 Å². The topological polar surface area (TPSA) is 52.6 Å². The number of hydrogen-bond donors (Lipinski definition) is 2. The van der Waals surface area contributed by atoms with Gasteiger partial charge in [-0.25, -0.2) is 8.78 Å². The molecule has 4 nitrogen and oxygen atoms in total. The number of nitrogens with zero attached hydrogens (tertiary/aromatic N) is 1. The van der Waals surface area contributed by atoms with E-state index < -0.39 is 17.7 Å². The molecule has 0 aliphatic carbocycles. The van der Waals surface area contributed by atoms with Crippen molar-refractivity contribution < 1.29 is 18.7 Å². The number of halogens is 2. The smallest absolute Gasteiger partial charge is 0.222 e. The van der Waals surface area contributed by atoms with Gasteiger partial charge in [0.1, 0.15) is 11.6 Å². The zero-order valence-corrected chi connectivity index (χ0v) is 11.3. The number of carbonyl (C=O) groups is 1. The quantitative estimate of drug-likeness (QED) is 0.874. The number of aliphatic hydroxyl groups is 1. The summed E-state index contributed by atoms with van der Waals surface area (Å²) in [5.74, 6) is -1.32. The molecule has 1 aliphatic rings. The summed E-state index contributed by atoms with van der Waals surface area (Å²) < 4.78 is 26.3. The van der Waals surface area contributed by atoms with Gasteiger partial charge in [0.15, 0.2) is 0 Å². The Kier molecular flexibility index (Phi) is 4.67. The molecule has 110 valence electrons. The second-order valence-electron chi connectivity index (χ2n) is 5.10. The largest absolute Gasteiger partial charge is 0.387 e. The van der Waals surface area contributed by atoms with E-state index in [1.54, 1.807) is 11.9 Å². The fraction of sp³-hybridized carbons (Fsp3) is 0.500. The Morgan fingerprint density at radius 1 is 1.50 bits per heavy atom. The Morgan fingerprint density at radius 3 is 2.90 bits per heavy atom. The first-order valence-electron chi connectivity index (χ1n) is 6.57. The molecule has 1 fully saturated rings. The van der Waals surface area contributed by atoms with E-state index in [2.05, 4.69) is 5.32 Å². The average Bonchev–Trinajstić information content (AvgIpc) is 2.40. The Labute approximate surface area is 116 Å².